The largest absolute Gasteiger partial charge is 0.332 e. The summed E-state index contributed by atoms with van der Waals surface area (Å²) in [7, 11) is 1.67. The molecule has 3 rings (SSSR count). The van der Waals surface area contributed by atoms with Gasteiger partial charge in [-0.05, 0) is 30.8 Å². The molecule has 2 heterocycles. The summed E-state index contributed by atoms with van der Waals surface area (Å²) in [6.07, 6.45) is 0. The smallest absolute Gasteiger partial charge is 0.322 e. The van der Waals surface area contributed by atoms with Crippen LogP contribution in [0.15, 0.2) is 35.5 Å². The van der Waals surface area contributed by atoms with Gasteiger partial charge in [-0.1, -0.05) is 26.0 Å². The molecule has 7 heteroatoms. The highest BCUT2D eigenvalue weighted by Crippen LogP contribution is 2.35. The highest BCUT2D eigenvalue weighted by Gasteiger charge is 2.42. The van der Waals surface area contributed by atoms with E-state index in [1.807, 2.05) is 0 Å². The number of rotatable bonds is 6. The number of hydrogen-bond donors (Lipinski definition) is 1. The Balaban J connectivity index is 1.85. The molecular weight excluding hydrogens is 335 g/mol. The van der Waals surface area contributed by atoms with Gasteiger partial charge < -0.3 is 15.1 Å². The maximum Gasteiger partial charge on any atom is 0.322 e. The van der Waals surface area contributed by atoms with Crippen molar-refractivity contribution in [1.29, 1.82) is 0 Å². The molecule has 0 bridgehead atoms. The van der Waals surface area contributed by atoms with E-state index in [9.17, 15) is 14.0 Å². The van der Waals surface area contributed by atoms with Crippen molar-refractivity contribution in [2.75, 3.05) is 39.8 Å². The van der Waals surface area contributed by atoms with Crippen molar-refractivity contribution in [2.45, 2.75) is 19.9 Å². The number of nitrogens with zero attached hydrogens (tertiary/aromatic N) is 3. The summed E-state index contributed by atoms with van der Waals surface area (Å²) in [4.78, 5) is 30.9. The summed E-state index contributed by atoms with van der Waals surface area (Å²) >= 11 is 0. The lowest BCUT2D eigenvalue weighted by Gasteiger charge is -2.31. The molecular formula is C19H25FN4O2. The molecule has 0 radical (unpaired) electrons. The zero-order valence-corrected chi connectivity index (χ0v) is 15.5. The van der Waals surface area contributed by atoms with Gasteiger partial charge in [0.2, 0.25) is 0 Å². The van der Waals surface area contributed by atoms with Crippen LogP contribution in [0.4, 0.5) is 9.18 Å². The predicted octanol–water partition coefficient (Wildman–Crippen LogP) is 1.96. The minimum atomic E-state index is -0.541. The molecule has 140 valence electrons. The molecule has 1 atom stereocenters. The molecule has 1 N–H and O–H groups in total. The molecule has 0 aliphatic carbocycles. The van der Waals surface area contributed by atoms with Gasteiger partial charge in [-0.2, -0.15) is 0 Å². The van der Waals surface area contributed by atoms with Crippen LogP contribution in [-0.4, -0.2) is 66.4 Å². The van der Waals surface area contributed by atoms with Gasteiger partial charge in [-0.25, -0.2) is 9.18 Å². The first-order chi connectivity index (χ1) is 12.5. The third-order valence-electron chi connectivity index (χ3n) is 5.22. The van der Waals surface area contributed by atoms with E-state index in [1.165, 1.54) is 17.0 Å². The summed E-state index contributed by atoms with van der Waals surface area (Å²) in [6, 6.07) is 5.12. The van der Waals surface area contributed by atoms with Crippen LogP contribution in [-0.2, 0) is 4.79 Å². The second-order valence-electron chi connectivity index (χ2n) is 6.61. The minimum absolute atomic E-state index is 0.0617. The number of amides is 3. The van der Waals surface area contributed by atoms with Crippen molar-refractivity contribution in [3.63, 3.8) is 0 Å². The molecule has 2 aliphatic rings. The summed E-state index contributed by atoms with van der Waals surface area (Å²) in [5, 5.41) is 2.86. The quantitative estimate of drug-likeness (QED) is 0.844. The lowest BCUT2D eigenvalue weighted by Crippen LogP contribution is -2.45. The molecule has 1 aromatic carbocycles. The van der Waals surface area contributed by atoms with Crippen LogP contribution in [0.3, 0.4) is 0 Å². The van der Waals surface area contributed by atoms with Gasteiger partial charge in [0.1, 0.15) is 5.82 Å². The number of halogens is 1. The van der Waals surface area contributed by atoms with E-state index in [-0.39, 0.29) is 17.8 Å². The first-order valence-corrected chi connectivity index (χ1v) is 9.00. The number of carbonyl (C=O) groups is 2. The van der Waals surface area contributed by atoms with Crippen molar-refractivity contribution < 1.29 is 14.0 Å². The van der Waals surface area contributed by atoms with E-state index in [0.29, 0.717) is 24.2 Å². The summed E-state index contributed by atoms with van der Waals surface area (Å²) in [5.74, 6) is -0.408. The molecule has 0 unspecified atom stereocenters. The van der Waals surface area contributed by atoms with Crippen LogP contribution in [0.25, 0.3) is 0 Å². The van der Waals surface area contributed by atoms with Gasteiger partial charge in [0.25, 0.3) is 5.91 Å². The Labute approximate surface area is 153 Å². The van der Waals surface area contributed by atoms with E-state index in [0.717, 1.165) is 25.3 Å². The molecule has 1 aromatic rings. The number of urea groups is 1. The normalized spacial score (nSPS) is 20.1. The Morgan fingerprint density at radius 1 is 1.19 bits per heavy atom. The zero-order valence-electron chi connectivity index (χ0n) is 15.5. The summed E-state index contributed by atoms with van der Waals surface area (Å²) in [5.41, 5.74) is 2.02. The summed E-state index contributed by atoms with van der Waals surface area (Å²) in [6.45, 7) is 7.90. The summed E-state index contributed by atoms with van der Waals surface area (Å²) < 4.78 is 13.3. The fourth-order valence-electron chi connectivity index (χ4n) is 3.51. The third-order valence-corrected chi connectivity index (χ3v) is 5.22. The molecule has 26 heavy (non-hydrogen) atoms. The molecule has 0 saturated heterocycles. The molecule has 0 saturated carbocycles. The minimum Gasteiger partial charge on any atom is -0.332 e. The molecule has 3 amide bonds. The average molecular weight is 360 g/mol. The Kier molecular flexibility index (Phi) is 5.27. The van der Waals surface area contributed by atoms with Crippen molar-refractivity contribution in [1.82, 2.24) is 20.0 Å². The number of benzene rings is 1. The van der Waals surface area contributed by atoms with Gasteiger partial charge in [0.05, 0.1) is 23.9 Å². The first kappa shape index (κ1) is 18.4. The average Bonchev–Trinajstić information content (AvgIpc) is 2.97. The maximum atomic E-state index is 13.3. The lowest BCUT2D eigenvalue weighted by atomic mass is 9.96. The fraction of sp³-hybridized carbons (Fsp3) is 0.474. The number of hydrogen-bond acceptors (Lipinski definition) is 3. The molecule has 0 fully saturated rings. The number of nitrogens with one attached hydrogen (secondary N) is 1. The zero-order chi connectivity index (χ0) is 18.8. The van der Waals surface area contributed by atoms with Crippen LogP contribution in [0.1, 0.15) is 25.5 Å². The Morgan fingerprint density at radius 2 is 1.85 bits per heavy atom. The van der Waals surface area contributed by atoms with Crippen molar-refractivity contribution in [3.05, 3.63) is 46.9 Å². The topological polar surface area (TPSA) is 55.9 Å². The van der Waals surface area contributed by atoms with Gasteiger partial charge in [0, 0.05) is 20.1 Å². The molecule has 6 nitrogen and oxygen atoms in total. The van der Waals surface area contributed by atoms with E-state index in [4.69, 9.17) is 0 Å². The molecule has 0 aromatic heterocycles. The lowest BCUT2D eigenvalue weighted by molar-refractivity contribution is -0.126. The van der Waals surface area contributed by atoms with Crippen LogP contribution in [0.5, 0.6) is 0 Å². The highest BCUT2D eigenvalue weighted by atomic mass is 19.1. The van der Waals surface area contributed by atoms with Gasteiger partial charge in [-0.3, -0.25) is 9.69 Å². The van der Waals surface area contributed by atoms with E-state index in [2.05, 4.69) is 24.1 Å². The van der Waals surface area contributed by atoms with Gasteiger partial charge >= 0.3 is 6.03 Å². The fourth-order valence-corrected chi connectivity index (χ4v) is 3.51. The van der Waals surface area contributed by atoms with Gasteiger partial charge in [-0.15, -0.1) is 0 Å². The third kappa shape index (κ3) is 3.31. The van der Waals surface area contributed by atoms with Crippen molar-refractivity contribution in [2.24, 2.45) is 0 Å². The predicted molar refractivity (Wildman–Crippen MR) is 96.8 cm³/mol. The standard InChI is InChI=1S/C19H25FN4O2/c1-4-23(5-2)10-11-24-12-15-16(18(24)25)17(21-19(26)22(15)3)13-6-8-14(20)9-7-13/h6-9,17H,4-5,10-12H2,1-3H3,(H,21,26)/t17-/m0/s1. The Morgan fingerprint density at radius 3 is 2.46 bits per heavy atom. The maximum absolute atomic E-state index is 13.3. The SMILES string of the molecule is CCN(CC)CCN1CC2=C(C1=O)[C@H](c1ccc(F)cc1)NC(=O)N2C. The second kappa shape index (κ2) is 7.45. The van der Waals surface area contributed by atoms with E-state index < -0.39 is 6.04 Å². The second-order valence-corrected chi connectivity index (χ2v) is 6.61. The molecule has 0 spiro atoms. The van der Waals surface area contributed by atoms with Crippen LogP contribution in [0, 0.1) is 5.82 Å². The Bertz CT molecular complexity index is 728. The van der Waals surface area contributed by atoms with Crippen LogP contribution >= 0.6 is 0 Å². The van der Waals surface area contributed by atoms with Crippen molar-refractivity contribution >= 4 is 11.9 Å². The van der Waals surface area contributed by atoms with Gasteiger partial charge in [0.15, 0.2) is 0 Å². The monoisotopic (exact) mass is 360 g/mol. The number of carbonyl (C=O) groups excluding carboxylic acids is 2. The Hall–Kier alpha value is -2.41. The first-order valence-electron chi connectivity index (χ1n) is 9.00. The van der Waals surface area contributed by atoms with Crippen LogP contribution in [0.2, 0.25) is 0 Å². The van der Waals surface area contributed by atoms with Crippen molar-refractivity contribution in [3.8, 4) is 0 Å². The van der Waals surface area contributed by atoms with E-state index in [1.54, 1.807) is 24.1 Å². The van der Waals surface area contributed by atoms with Crippen LogP contribution < -0.4 is 5.32 Å². The number of likely N-dealkylation sites (N-methyl/N-ethyl adjacent to an activating group) is 2. The highest BCUT2D eigenvalue weighted by molar-refractivity contribution is 6.01. The molecule has 2 aliphatic heterocycles. The van der Waals surface area contributed by atoms with E-state index >= 15 is 0 Å².